The molecule has 0 aliphatic heterocycles. The van der Waals surface area contributed by atoms with E-state index in [1.54, 1.807) is 0 Å². The predicted molar refractivity (Wildman–Crippen MR) is 361 cm³/mol. The largest absolute Gasteiger partial charge is 0.462 e. The Morgan fingerprint density at radius 3 is 0.843 bits per heavy atom. The lowest BCUT2D eigenvalue weighted by molar-refractivity contribution is -0.166. The maximum absolute atomic E-state index is 12.9. The third-order valence-corrected chi connectivity index (χ3v) is 13.4. The van der Waals surface area contributed by atoms with Gasteiger partial charge in [0.15, 0.2) is 6.10 Å². The first-order chi connectivity index (χ1) is 41.0. The summed E-state index contributed by atoms with van der Waals surface area (Å²) in [5.74, 6) is -1.06. The second kappa shape index (κ2) is 69.0. The Kier molecular flexibility index (Phi) is 64.4. The highest BCUT2D eigenvalue weighted by Gasteiger charge is 2.19. The Hall–Kier alpha value is -5.49. The average molecular weight is 1140 g/mol. The Bertz CT molecular complexity index is 1940. The molecule has 6 heteroatoms. The summed E-state index contributed by atoms with van der Waals surface area (Å²) in [6.45, 7) is 6.30. The summed E-state index contributed by atoms with van der Waals surface area (Å²) in [4.78, 5) is 38.3. The highest BCUT2D eigenvalue weighted by atomic mass is 16.6. The Morgan fingerprint density at radius 1 is 0.253 bits per heavy atom. The van der Waals surface area contributed by atoms with Gasteiger partial charge in [-0.2, -0.15) is 0 Å². The first kappa shape index (κ1) is 77.5. The molecule has 0 aromatic carbocycles. The molecule has 0 saturated heterocycles. The van der Waals surface area contributed by atoms with Gasteiger partial charge in [0.05, 0.1) is 0 Å². The fourth-order valence-corrected chi connectivity index (χ4v) is 8.48. The van der Waals surface area contributed by atoms with E-state index >= 15 is 0 Å². The van der Waals surface area contributed by atoms with Crippen LogP contribution in [0.1, 0.15) is 265 Å². The third kappa shape index (κ3) is 67.2. The van der Waals surface area contributed by atoms with E-state index in [4.69, 9.17) is 14.2 Å². The summed E-state index contributed by atoms with van der Waals surface area (Å²) in [5.41, 5.74) is 0. The summed E-state index contributed by atoms with van der Waals surface area (Å²) in [6, 6.07) is 0. The Morgan fingerprint density at radius 2 is 0.494 bits per heavy atom. The van der Waals surface area contributed by atoms with Crippen molar-refractivity contribution in [3.05, 3.63) is 182 Å². The van der Waals surface area contributed by atoms with Gasteiger partial charge in [-0.1, -0.05) is 280 Å². The molecule has 0 aliphatic rings. The molecule has 0 aromatic rings. The number of unbranched alkanes of at least 4 members (excludes halogenated alkanes) is 17. The van der Waals surface area contributed by atoms with Crippen molar-refractivity contribution in [2.24, 2.45) is 0 Å². The molecule has 0 heterocycles. The fraction of sp³-hybridized carbons (Fsp3) is 0.571. The zero-order valence-electron chi connectivity index (χ0n) is 53.1. The third-order valence-electron chi connectivity index (χ3n) is 13.4. The van der Waals surface area contributed by atoms with Crippen LogP contribution in [-0.4, -0.2) is 37.2 Å². The van der Waals surface area contributed by atoms with Crippen LogP contribution in [0.3, 0.4) is 0 Å². The standard InChI is InChI=1S/C77H120O6/c1-4-7-10-13-16-19-22-25-27-29-31-32-33-34-35-36-37-38-39-40-41-42-43-44-46-47-49-52-55-58-61-64-67-70-76(79)82-73-74(72-81-75(78)69-66-63-60-57-54-51-24-21-18-15-12-9-6-3)83-77(80)71-68-65-62-59-56-53-50-48-45-30-28-26-23-20-17-14-11-8-5-2/h7,9-10,12,16,18-19,21,25-28,31-32,34-35,37-38,40-41,43-44,47,49,51,54-55,58,60,63,74H,4-6,8,11,13-15,17,20,22-24,29-30,33,36,39,42,45-46,48,50,52-53,56-57,59,61-62,64-73H2,1-3H3/b10-7-,12-9-,19-16-,21-18-,27-25-,28-26-,32-31-,35-34-,38-37-,41-40-,44-43-,49-47-,54-51-,58-55-,63-60-. The van der Waals surface area contributed by atoms with Crippen molar-refractivity contribution in [2.45, 2.75) is 271 Å². The zero-order chi connectivity index (χ0) is 59.9. The molecule has 0 rings (SSSR count). The van der Waals surface area contributed by atoms with Crippen LogP contribution in [0.5, 0.6) is 0 Å². The lowest BCUT2D eigenvalue weighted by Crippen LogP contribution is -2.30. The van der Waals surface area contributed by atoms with Crippen molar-refractivity contribution in [1.29, 1.82) is 0 Å². The summed E-state index contributed by atoms with van der Waals surface area (Å²) < 4.78 is 16.8. The van der Waals surface area contributed by atoms with E-state index in [-0.39, 0.29) is 44.0 Å². The first-order valence-corrected chi connectivity index (χ1v) is 33.3. The monoisotopic (exact) mass is 1140 g/mol. The SMILES string of the molecule is CC/C=C\C/C=C\C/C=C\C/C=C\C/C=C\C/C=C\C/C=C\C/C=C\C/C=C\C/C=C\CCCCC(=O)OCC(COC(=O)CC/C=C\C/C=C\C/C=C\C/C=C\CC)OC(=O)CCCCCCCCCCC/C=C\CCCCCCCC. The second-order valence-electron chi connectivity index (χ2n) is 21.3. The van der Waals surface area contributed by atoms with Crippen molar-refractivity contribution in [2.75, 3.05) is 13.2 Å². The van der Waals surface area contributed by atoms with E-state index in [0.717, 1.165) is 122 Å². The Balaban J connectivity index is 4.45. The molecule has 6 nitrogen and oxygen atoms in total. The molecular formula is C77H120O6. The molecule has 0 radical (unpaired) electrons. The highest BCUT2D eigenvalue weighted by Crippen LogP contribution is 2.14. The van der Waals surface area contributed by atoms with Gasteiger partial charge in [-0.15, -0.1) is 0 Å². The van der Waals surface area contributed by atoms with Crippen LogP contribution < -0.4 is 0 Å². The smallest absolute Gasteiger partial charge is 0.306 e. The highest BCUT2D eigenvalue weighted by molar-refractivity contribution is 5.71. The minimum atomic E-state index is -0.837. The van der Waals surface area contributed by atoms with Crippen molar-refractivity contribution in [1.82, 2.24) is 0 Å². The van der Waals surface area contributed by atoms with Gasteiger partial charge in [0.25, 0.3) is 0 Å². The predicted octanol–water partition coefficient (Wildman–Crippen LogP) is 23.2. The summed E-state index contributed by atoms with van der Waals surface area (Å²) in [7, 11) is 0. The van der Waals surface area contributed by atoms with E-state index < -0.39 is 6.10 Å². The van der Waals surface area contributed by atoms with E-state index in [0.29, 0.717) is 19.3 Å². The normalized spacial score (nSPS) is 13.3. The number of carbonyl (C=O) groups excluding carboxylic acids is 3. The molecule has 0 amide bonds. The molecule has 464 valence electrons. The number of rotatable bonds is 58. The summed E-state index contributed by atoms with van der Waals surface area (Å²) in [6.07, 6.45) is 104. The quantitative estimate of drug-likeness (QED) is 0.0261. The van der Waals surface area contributed by atoms with Crippen molar-refractivity contribution in [3.63, 3.8) is 0 Å². The average Bonchev–Trinajstić information content (AvgIpc) is 3.49. The van der Waals surface area contributed by atoms with Gasteiger partial charge >= 0.3 is 17.9 Å². The minimum absolute atomic E-state index is 0.132. The molecule has 0 spiro atoms. The molecule has 83 heavy (non-hydrogen) atoms. The van der Waals surface area contributed by atoms with Crippen molar-refractivity contribution in [3.8, 4) is 0 Å². The van der Waals surface area contributed by atoms with E-state index in [1.165, 1.54) is 89.9 Å². The van der Waals surface area contributed by atoms with Gasteiger partial charge in [-0.05, 0) is 148 Å². The minimum Gasteiger partial charge on any atom is -0.462 e. The Labute approximate surface area is 510 Å². The fourth-order valence-electron chi connectivity index (χ4n) is 8.48. The van der Waals surface area contributed by atoms with Crippen LogP contribution in [0, 0.1) is 0 Å². The van der Waals surface area contributed by atoms with Gasteiger partial charge in [0.2, 0.25) is 0 Å². The zero-order valence-corrected chi connectivity index (χ0v) is 53.1. The molecule has 1 unspecified atom stereocenters. The van der Waals surface area contributed by atoms with Crippen LogP contribution >= 0.6 is 0 Å². The molecule has 0 fully saturated rings. The molecule has 0 bridgehead atoms. The molecule has 1 atom stereocenters. The van der Waals surface area contributed by atoms with Gasteiger partial charge in [0, 0.05) is 19.3 Å². The van der Waals surface area contributed by atoms with E-state index in [1.807, 2.05) is 12.2 Å². The van der Waals surface area contributed by atoms with Gasteiger partial charge in [-0.3, -0.25) is 14.4 Å². The van der Waals surface area contributed by atoms with E-state index in [2.05, 4.69) is 191 Å². The van der Waals surface area contributed by atoms with Crippen LogP contribution in [0.4, 0.5) is 0 Å². The number of esters is 3. The summed E-state index contributed by atoms with van der Waals surface area (Å²) in [5, 5.41) is 0. The van der Waals surface area contributed by atoms with Crippen molar-refractivity contribution >= 4 is 17.9 Å². The lowest BCUT2D eigenvalue weighted by atomic mass is 10.1. The van der Waals surface area contributed by atoms with Crippen LogP contribution in [0.2, 0.25) is 0 Å². The first-order valence-electron chi connectivity index (χ1n) is 33.3. The van der Waals surface area contributed by atoms with E-state index in [9.17, 15) is 14.4 Å². The van der Waals surface area contributed by atoms with Crippen LogP contribution in [-0.2, 0) is 28.6 Å². The van der Waals surface area contributed by atoms with Gasteiger partial charge in [-0.25, -0.2) is 0 Å². The molecule has 0 aromatic heterocycles. The maximum atomic E-state index is 12.9. The molecule has 0 N–H and O–H groups in total. The van der Waals surface area contributed by atoms with Crippen LogP contribution in [0.15, 0.2) is 182 Å². The maximum Gasteiger partial charge on any atom is 0.306 e. The lowest BCUT2D eigenvalue weighted by Gasteiger charge is -2.18. The van der Waals surface area contributed by atoms with Crippen molar-refractivity contribution < 1.29 is 28.6 Å². The second-order valence-corrected chi connectivity index (χ2v) is 21.3. The molecular weight excluding hydrogens is 1020 g/mol. The number of carbonyl (C=O) groups is 3. The number of allylic oxidation sites excluding steroid dienone is 30. The topological polar surface area (TPSA) is 78.9 Å². The molecule has 0 aliphatic carbocycles. The number of ether oxygens (including phenoxy) is 3. The number of hydrogen-bond donors (Lipinski definition) is 0. The van der Waals surface area contributed by atoms with Crippen LogP contribution in [0.25, 0.3) is 0 Å². The van der Waals surface area contributed by atoms with Gasteiger partial charge in [0.1, 0.15) is 13.2 Å². The number of hydrogen-bond acceptors (Lipinski definition) is 6. The molecule has 0 saturated carbocycles. The summed E-state index contributed by atoms with van der Waals surface area (Å²) >= 11 is 0. The van der Waals surface area contributed by atoms with Gasteiger partial charge < -0.3 is 14.2 Å².